The number of amides is 1. The van der Waals surface area contributed by atoms with Gasteiger partial charge in [0, 0.05) is 24.8 Å². The van der Waals surface area contributed by atoms with Crippen molar-refractivity contribution in [3.8, 4) is 0 Å². The van der Waals surface area contributed by atoms with E-state index < -0.39 is 6.09 Å². The monoisotopic (exact) mass is 234 g/mol. The van der Waals surface area contributed by atoms with Crippen LogP contribution in [0, 0.1) is 0 Å². The predicted molar refractivity (Wildman–Crippen MR) is 66.9 cm³/mol. The number of hydrogen-bond donors (Lipinski definition) is 1. The lowest BCUT2D eigenvalue weighted by atomic mass is 10.1. The molecule has 0 fully saturated rings. The summed E-state index contributed by atoms with van der Waals surface area (Å²) in [6.07, 6.45) is -0.427. The van der Waals surface area contributed by atoms with Crippen LogP contribution in [0.15, 0.2) is 18.2 Å². The van der Waals surface area contributed by atoms with E-state index in [0.29, 0.717) is 6.04 Å². The van der Waals surface area contributed by atoms with E-state index in [0.717, 1.165) is 18.8 Å². The van der Waals surface area contributed by atoms with Crippen LogP contribution >= 0.6 is 0 Å². The number of rotatable bonds is 2. The molecule has 4 heteroatoms. The van der Waals surface area contributed by atoms with Gasteiger partial charge in [-0.05, 0) is 37.1 Å². The van der Waals surface area contributed by atoms with Crippen molar-refractivity contribution in [2.45, 2.75) is 33.0 Å². The van der Waals surface area contributed by atoms with Crippen LogP contribution < -0.4 is 5.32 Å². The minimum atomic E-state index is -0.427. The topological polar surface area (TPSA) is 41.6 Å². The molecule has 1 aliphatic rings. The van der Waals surface area contributed by atoms with Crippen LogP contribution in [-0.4, -0.2) is 24.1 Å². The van der Waals surface area contributed by atoms with Crippen molar-refractivity contribution in [3.63, 3.8) is 0 Å². The molecule has 0 unspecified atom stereocenters. The third kappa shape index (κ3) is 2.58. The number of methoxy groups -OCH3 is 1. The predicted octanol–water partition coefficient (Wildman–Crippen LogP) is 2.59. The zero-order valence-corrected chi connectivity index (χ0v) is 10.5. The highest BCUT2D eigenvalue weighted by atomic mass is 16.5. The summed E-state index contributed by atoms with van der Waals surface area (Å²) < 4.78 is 4.57. The number of anilines is 1. The number of nitrogens with zero attached hydrogens (tertiary/aromatic N) is 1. The highest BCUT2D eigenvalue weighted by molar-refractivity contribution is 5.84. The standard InChI is InChI=1S/C13H18N2O2/c1-9(2)15-7-10-4-5-12(6-11(10)8-15)14-13(16)17-3/h4-6,9H,7-8H2,1-3H3,(H,14,16). The maximum absolute atomic E-state index is 11.1. The minimum Gasteiger partial charge on any atom is -0.453 e. The van der Waals surface area contributed by atoms with Gasteiger partial charge in [-0.3, -0.25) is 10.2 Å². The third-order valence-corrected chi connectivity index (χ3v) is 3.12. The van der Waals surface area contributed by atoms with Gasteiger partial charge in [-0.1, -0.05) is 6.07 Å². The summed E-state index contributed by atoms with van der Waals surface area (Å²) in [5.41, 5.74) is 3.42. The van der Waals surface area contributed by atoms with Gasteiger partial charge in [0.15, 0.2) is 0 Å². The highest BCUT2D eigenvalue weighted by Gasteiger charge is 2.21. The second kappa shape index (κ2) is 4.75. The number of carbonyl (C=O) groups is 1. The molecule has 0 bridgehead atoms. The average molecular weight is 234 g/mol. The van der Waals surface area contributed by atoms with E-state index in [2.05, 4.69) is 34.9 Å². The van der Waals surface area contributed by atoms with Gasteiger partial charge in [0.05, 0.1) is 7.11 Å². The fraction of sp³-hybridized carbons (Fsp3) is 0.462. The first kappa shape index (κ1) is 11.9. The fourth-order valence-corrected chi connectivity index (χ4v) is 2.03. The van der Waals surface area contributed by atoms with Crippen LogP contribution in [0.3, 0.4) is 0 Å². The van der Waals surface area contributed by atoms with Crippen LogP contribution in [0.5, 0.6) is 0 Å². The summed E-state index contributed by atoms with van der Waals surface area (Å²) in [4.78, 5) is 13.5. The summed E-state index contributed by atoms with van der Waals surface area (Å²) in [5.74, 6) is 0. The van der Waals surface area contributed by atoms with Gasteiger partial charge in [0.2, 0.25) is 0 Å². The molecule has 0 aliphatic carbocycles. The number of nitrogens with one attached hydrogen (secondary N) is 1. The second-order valence-corrected chi connectivity index (χ2v) is 4.60. The Balaban J connectivity index is 2.12. The van der Waals surface area contributed by atoms with E-state index in [-0.39, 0.29) is 0 Å². The van der Waals surface area contributed by atoms with Crippen molar-refractivity contribution in [1.29, 1.82) is 0 Å². The van der Waals surface area contributed by atoms with Crippen molar-refractivity contribution < 1.29 is 9.53 Å². The van der Waals surface area contributed by atoms with E-state index in [1.807, 2.05) is 12.1 Å². The Kier molecular flexibility index (Phi) is 3.33. The first-order valence-corrected chi connectivity index (χ1v) is 5.81. The third-order valence-electron chi connectivity index (χ3n) is 3.12. The van der Waals surface area contributed by atoms with Crippen molar-refractivity contribution in [3.05, 3.63) is 29.3 Å². The molecule has 1 N–H and O–H groups in total. The Morgan fingerprint density at radius 3 is 2.71 bits per heavy atom. The second-order valence-electron chi connectivity index (χ2n) is 4.60. The maximum atomic E-state index is 11.1. The lowest BCUT2D eigenvalue weighted by Gasteiger charge is -2.18. The van der Waals surface area contributed by atoms with E-state index in [4.69, 9.17) is 0 Å². The molecule has 0 radical (unpaired) electrons. The molecule has 0 saturated heterocycles. The Morgan fingerprint density at radius 2 is 2.06 bits per heavy atom. The normalized spacial score (nSPS) is 14.8. The van der Waals surface area contributed by atoms with Gasteiger partial charge in [-0.2, -0.15) is 0 Å². The number of ether oxygens (including phenoxy) is 1. The minimum absolute atomic E-state index is 0.427. The first-order chi connectivity index (χ1) is 8.10. The Hall–Kier alpha value is -1.55. The smallest absolute Gasteiger partial charge is 0.411 e. The highest BCUT2D eigenvalue weighted by Crippen LogP contribution is 2.27. The molecule has 1 aromatic carbocycles. The zero-order chi connectivity index (χ0) is 12.4. The van der Waals surface area contributed by atoms with E-state index >= 15 is 0 Å². The Labute approximate surface area is 102 Å². The van der Waals surface area contributed by atoms with Crippen LogP contribution in [-0.2, 0) is 17.8 Å². The molecule has 17 heavy (non-hydrogen) atoms. The molecule has 0 saturated carbocycles. The van der Waals surface area contributed by atoms with Crippen molar-refractivity contribution in [2.75, 3.05) is 12.4 Å². The van der Waals surface area contributed by atoms with Gasteiger partial charge < -0.3 is 4.74 Å². The summed E-state index contributed by atoms with van der Waals surface area (Å²) >= 11 is 0. The van der Waals surface area contributed by atoms with Gasteiger partial charge in [-0.15, -0.1) is 0 Å². The van der Waals surface area contributed by atoms with Crippen molar-refractivity contribution in [1.82, 2.24) is 4.90 Å². The largest absolute Gasteiger partial charge is 0.453 e. The molecular weight excluding hydrogens is 216 g/mol. The van der Waals surface area contributed by atoms with E-state index in [9.17, 15) is 4.79 Å². The molecule has 1 heterocycles. The lowest BCUT2D eigenvalue weighted by molar-refractivity contribution is 0.187. The van der Waals surface area contributed by atoms with Crippen LogP contribution in [0.1, 0.15) is 25.0 Å². The molecule has 2 rings (SSSR count). The van der Waals surface area contributed by atoms with Crippen molar-refractivity contribution in [2.24, 2.45) is 0 Å². The van der Waals surface area contributed by atoms with E-state index in [1.54, 1.807) is 0 Å². The number of carbonyl (C=O) groups excluding carboxylic acids is 1. The molecule has 92 valence electrons. The van der Waals surface area contributed by atoms with Crippen LogP contribution in [0.2, 0.25) is 0 Å². The summed E-state index contributed by atoms with van der Waals surface area (Å²) in [6, 6.07) is 6.55. The number of fused-ring (bicyclic) bond motifs is 1. The summed E-state index contributed by atoms with van der Waals surface area (Å²) in [6.45, 7) is 6.33. The average Bonchev–Trinajstić information content (AvgIpc) is 2.72. The molecule has 0 aromatic heterocycles. The van der Waals surface area contributed by atoms with Crippen molar-refractivity contribution >= 4 is 11.8 Å². The molecule has 0 atom stereocenters. The quantitative estimate of drug-likeness (QED) is 0.855. The Morgan fingerprint density at radius 1 is 1.35 bits per heavy atom. The number of hydrogen-bond acceptors (Lipinski definition) is 3. The van der Waals surface area contributed by atoms with E-state index in [1.165, 1.54) is 18.2 Å². The maximum Gasteiger partial charge on any atom is 0.411 e. The molecular formula is C13H18N2O2. The summed E-state index contributed by atoms with van der Waals surface area (Å²) in [7, 11) is 1.36. The molecule has 1 amide bonds. The Bertz CT molecular complexity index is 429. The summed E-state index contributed by atoms with van der Waals surface area (Å²) in [5, 5.41) is 2.69. The molecule has 4 nitrogen and oxygen atoms in total. The van der Waals surface area contributed by atoms with Gasteiger partial charge in [0.25, 0.3) is 0 Å². The lowest BCUT2D eigenvalue weighted by Crippen LogP contribution is -2.24. The first-order valence-electron chi connectivity index (χ1n) is 5.81. The van der Waals surface area contributed by atoms with Crippen LogP contribution in [0.4, 0.5) is 10.5 Å². The van der Waals surface area contributed by atoms with Gasteiger partial charge in [0.1, 0.15) is 0 Å². The fourth-order valence-electron chi connectivity index (χ4n) is 2.03. The molecule has 1 aromatic rings. The molecule has 1 aliphatic heterocycles. The van der Waals surface area contributed by atoms with Gasteiger partial charge in [-0.25, -0.2) is 4.79 Å². The molecule has 0 spiro atoms. The number of benzene rings is 1. The van der Waals surface area contributed by atoms with Crippen LogP contribution in [0.25, 0.3) is 0 Å². The zero-order valence-electron chi connectivity index (χ0n) is 10.5. The van der Waals surface area contributed by atoms with Gasteiger partial charge >= 0.3 is 6.09 Å². The SMILES string of the molecule is COC(=O)Nc1ccc2c(c1)CN(C(C)C)C2.